The molecule has 4 aliphatic rings. The molecule has 0 bridgehead atoms. The average Bonchev–Trinajstić information content (AvgIpc) is 3.68. The molecule has 10 heteroatoms. The lowest BCUT2D eigenvalue weighted by atomic mass is 9.81. The van der Waals surface area contributed by atoms with Gasteiger partial charge in [0, 0.05) is 28.1 Å². The third kappa shape index (κ3) is 3.62. The smallest absolute Gasteiger partial charge is 0.343 e. The fraction of sp³-hybridized carbons (Fsp3) is 0.467. The molecule has 1 unspecified atom stereocenters. The van der Waals surface area contributed by atoms with E-state index in [4.69, 9.17) is 21.9 Å². The van der Waals surface area contributed by atoms with Crippen LogP contribution in [0.1, 0.15) is 78.5 Å². The number of hydrogen-bond acceptors (Lipinski definition) is 7. The standard InChI is InChI=1S/C30H30FN3O5S/c1-3-30(38)18-9-22-26-16(11-34(22)28(40)17(18)12-39-29(30)37)25-20(33-27(36)23(35)8-14-4-5-14)7-6-15-13(2)19(31)10-21(32-26)24(15)25/h9-10,14,20,23,35,38H,3-8,11-12H2,1-2H3,(H,33,36)/t20-,23?,30-/m0/s1. The highest BCUT2D eigenvalue weighted by molar-refractivity contribution is 7.71. The predicted octanol–water partition coefficient (Wildman–Crippen LogP) is 4.16. The van der Waals surface area contributed by atoms with Gasteiger partial charge in [0.25, 0.3) is 0 Å². The number of hydrogen-bond donors (Lipinski definition) is 3. The first kappa shape index (κ1) is 25.7. The number of aryl methyl sites for hydroxylation is 1. The van der Waals surface area contributed by atoms with Gasteiger partial charge in [-0.3, -0.25) is 4.79 Å². The lowest BCUT2D eigenvalue weighted by Gasteiger charge is -2.32. The van der Waals surface area contributed by atoms with Crippen LogP contribution in [0.15, 0.2) is 12.1 Å². The Hall–Kier alpha value is -3.21. The fourth-order valence-electron chi connectivity index (χ4n) is 6.74. The minimum absolute atomic E-state index is 0.0275. The molecule has 0 radical (unpaired) electrons. The maximum atomic E-state index is 15.1. The minimum Gasteiger partial charge on any atom is -0.458 e. The molecular weight excluding hydrogens is 533 g/mol. The van der Waals surface area contributed by atoms with E-state index in [-0.39, 0.29) is 18.8 Å². The Bertz CT molecular complexity index is 1710. The summed E-state index contributed by atoms with van der Waals surface area (Å²) in [5, 5.41) is 25.8. The van der Waals surface area contributed by atoms with Crippen LogP contribution in [-0.2, 0) is 39.5 Å². The van der Waals surface area contributed by atoms with Crippen molar-refractivity contribution in [2.75, 3.05) is 0 Å². The number of rotatable bonds is 5. The number of carbonyl (C=O) groups excluding carboxylic acids is 2. The molecule has 1 amide bonds. The van der Waals surface area contributed by atoms with Crippen molar-refractivity contribution < 1.29 is 28.9 Å². The van der Waals surface area contributed by atoms with E-state index in [1.54, 1.807) is 19.9 Å². The molecule has 3 N–H and O–H groups in total. The predicted molar refractivity (Wildman–Crippen MR) is 146 cm³/mol. The topological polar surface area (TPSA) is 114 Å². The number of cyclic esters (lactones) is 1. The summed E-state index contributed by atoms with van der Waals surface area (Å²) < 4.78 is 22.7. The van der Waals surface area contributed by atoms with Crippen molar-refractivity contribution in [1.82, 2.24) is 14.9 Å². The molecule has 8 nitrogen and oxygen atoms in total. The van der Waals surface area contributed by atoms with Crippen LogP contribution in [0.5, 0.6) is 0 Å². The van der Waals surface area contributed by atoms with Gasteiger partial charge in [-0.2, -0.15) is 0 Å². The van der Waals surface area contributed by atoms with Crippen LogP contribution in [-0.4, -0.2) is 37.7 Å². The maximum Gasteiger partial charge on any atom is 0.343 e. The lowest BCUT2D eigenvalue weighted by Crippen LogP contribution is -2.41. The molecule has 2 aliphatic carbocycles. The summed E-state index contributed by atoms with van der Waals surface area (Å²) in [5.74, 6) is -1.05. The summed E-state index contributed by atoms with van der Waals surface area (Å²) in [6.45, 7) is 3.82. The average molecular weight is 564 g/mol. The Balaban J connectivity index is 1.42. The minimum atomic E-state index is -1.82. The number of aromatic nitrogens is 2. The number of aliphatic hydroxyl groups excluding tert-OH is 1. The number of amides is 1. The van der Waals surface area contributed by atoms with Crippen LogP contribution in [0.2, 0.25) is 0 Å². The van der Waals surface area contributed by atoms with Crippen molar-refractivity contribution in [1.29, 1.82) is 0 Å². The monoisotopic (exact) mass is 563 g/mol. The van der Waals surface area contributed by atoms with Crippen molar-refractivity contribution in [3.63, 3.8) is 0 Å². The van der Waals surface area contributed by atoms with Crippen LogP contribution < -0.4 is 5.32 Å². The Morgan fingerprint density at radius 2 is 2.08 bits per heavy atom. The van der Waals surface area contributed by atoms with E-state index in [2.05, 4.69) is 5.32 Å². The van der Waals surface area contributed by atoms with E-state index in [0.717, 1.165) is 34.9 Å². The first-order chi connectivity index (χ1) is 19.1. The number of aliphatic hydroxyl groups is 2. The second kappa shape index (κ2) is 8.89. The molecule has 3 atom stereocenters. The number of ether oxygens (including phenoxy) is 1. The van der Waals surface area contributed by atoms with Crippen LogP contribution in [0.25, 0.3) is 22.3 Å². The van der Waals surface area contributed by atoms with Gasteiger partial charge in [0.2, 0.25) is 5.91 Å². The second-order valence-corrected chi connectivity index (χ2v) is 12.0. The third-order valence-corrected chi connectivity index (χ3v) is 9.72. The number of carbonyl (C=O) groups is 2. The second-order valence-electron chi connectivity index (χ2n) is 11.6. The van der Waals surface area contributed by atoms with Crippen LogP contribution >= 0.6 is 12.2 Å². The van der Waals surface area contributed by atoms with E-state index in [1.165, 1.54) is 6.07 Å². The molecule has 2 aliphatic heterocycles. The molecule has 1 saturated carbocycles. The van der Waals surface area contributed by atoms with Crippen LogP contribution in [0.3, 0.4) is 0 Å². The number of nitrogens with zero attached hydrogens (tertiary/aromatic N) is 2. The highest BCUT2D eigenvalue weighted by atomic mass is 32.1. The van der Waals surface area contributed by atoms with Crippen LogP contribution in [0, 0.1) is 23.3 Å². The zero-order chi connectivity index (χ0) is 28.1. The Morgan fingerprint density at radius 1 is 1.30 bits per heavy atom. The van der Waals surface area contributed by atoms with Gasteiger partial charge in [0.05, 0.1) is 29.5 Å². The Kier molecular flexibility index (Phi) is 5.72. The van der Waals surface area contributed by atoms with E-state index in [0.29, 0.717) is 70.0 Å². The molecule has 3 aromatic rings. The highest BCUT2D eigenvalue weighted by Gasteiger charge is 2.45. The van der Waals surface area contributed by atoms with E-state index >= 15 is 4.39 Å². The van der Waals surface area contributed by atoms with E-state index in [1.807, 2.05) is 4.57 Å². The van der Waals surface area contributed by atoms with Crippen molar-refractivity contribution >= 4 is 35.0 Å². The molecule has 208 valence electrons. The quantitative estimate of drug-likeness (QED) is 0.247. The zero-order valence-corrected chi connectivity index (χ0v) is 23.2. The van der Waals surface area contributed by atoms with Gasteiger partial charge in [-0.15, -0.1) is 0 Å². The number of nitrogens with one attached hydrogen (secondary N) is 1. The SMILES string of the molecule is CC[C@@]1(O)C(=O)OCc2c1cc1n(c2=S)Cc2c-1nc1cc(F)c(C)c3c1c2[C@@H](NC(=O)C(O)CC1CC1)CC3. The number of pyridine rings is 2. The van der Waals surface area contributed by atoms with Gasteiger partial charge in [-0.25, -0.2) is 14.2 Å². The summed E-state index contributed by atoms with van der Waals surface area (Å²) >= 11 is 5.86. The van der Waals surface area contributed by atoms with Crippen molar-refractivity contribution in [3.05, 3.63) is 56.0 Å². The third-order valence-electron chi connectivity index (χ3n) is 9.25. The van der Waals surface area contributed by atoms with Gasteiger partial charge in [0.15, 0.2) is 5.60 Å². The molecule has 2 aromatic heterocycles. The van der Waals surface area contributed by atoms with Gasteiger partial charge >= 0.3 is 5.97 Å². The summed E-state index contributed by atoms with van der Waals surface area (Å²) in [6.07, 6.45) is 2.70. The Morgan fingerprint density at radius 3 is 2.80 bits per heavy atom. The van der Waals surface area contributed by atoms with Crippen molar-refractivity contribution in [2.24, 2.45) is 5.92 Å². The summed E-state index contributed by atoms with van der Waals surface area (Å²) in [5.41, 5.74) is 4.05. The van der Waals surface area contributed by atoms with Gasteiger partial charge in [-0.05, 0) is 61.3 Å². The normalized spacial score (nSPS) is 23.3. The molecule has 7 rings (SSSR count). The summed E-state index contributed by atoms with van der Waals surface area (Å²) in [6, 6.07) is 2.79. The largest absolute Gasteiger partial charge is 0.458 e. The van der Waals surface area contributed by atoms with Crippen molar-refractivity contribution in [3.8, 4) is 11.4 Å². The Labute approximate surface area is 235 Å². The first-order valence-corrected chi connectivity index (χ1v) is 14.3. The summed E-state index contributed by atoms with van der Waals surface area (Å²) in [7, 11) is 0. The van der Waals surface area contributed by atoms with E-state index < -0.39 is 29.6 Å². The molecule has 0 saturated heterocycles. The van der Waals surface area contributed by atoms with Gasteiger partial charge in [0.1, 0.15) is 23.2 Å². The summed E-state index contributed by atoms with van der Waals surface area (Å²) in [4.78, 5) is 30.6. The van der Waals surface area contributed by atoms with Crippen molar-refractivity contribution in [2.45, 2.75) is 83.3 Å². The number of esters is 1. The molecule has 1 aromatic carbocycles. The number of halogens is 1. The molecule has 1 fully saturated rings. The lowest BCUT2D eigenvalue weighted by molar-refractivity contribution is -0.172. The first-order valence-electron chi connectivity index (χ1n) is 13.9. The number of benzene rings is 1. The zero-order valence-electron chi connectivity index (χ0n) is 22.3. The van der Waals surface area contributed by atoms with Gasteiger partial charge in [-0.1, -0.05) is 32.0 Å². The molecular formula is C30H30FN3O5S. The number of fused-ring (bicyclic) bond motifs is 5. The molecule has 4 heterocycles. The highest BCUT2D eigenvalue weighted by Crippen LogP contribution is 2.47. The molecule has 0 spiro atoms. The fourth-order valence-corrected chi connectivity index (χ4v) is 7.08. The van der Waals surface area contributed by atoms with Crippen LogP contribution in [0.4, 0.5) is 4.39 Å². The van der Waals surface area contributed by atoms with Gasteiger partial charge < -0.3 is 24.8 Å². The van der Waals surface area contributed by atoms with E-state index in [9.17, 15) is 19.8 Å². The molecule has 40 heavy (non-hydrogen) atoms. The maximum absolute atomic E-state index is 15.1.